The molecule has 3 nitrogen and oxygen atoms in total. The van der Waals surface area contributed by atoms with Crippen LogP contribution in [0.25, 0.3) is 0 Å². The molecule has 0 aliphatic rings. The molecule has 0 atom stereocenters. The zero-order chi connectivity index (χ0) is 14.0. The van der Waals surface area contributed by atoms with Crippen molar-refractivity contribution in [3.63, 3.8) is 0 Å². The van der Waals surface area contributed by atoms with E-state index in [1.165, 1.54) is 18.2 Å². The van der Waals surface area contributed by atoms with Gasteiger partial charge in [0, 0.05) is 5.56 Å². The smallest absolute Gasteiger partial charge is 0.182 e. The maximum Gasteiger partial charge on any atom is 0.182 e. The number of anilines is 1. The number of halogens is 1. The number of sulfone groups is 1. The summed E-state index contributed by atoms with van der Waals surface area (Å²) in [4.78, 5) is 0.189. The lowest BCUT2D eigenvalue weighted by molar-refractivity contribution is 0.588. The lowest BCUT2D eigenvalue weighted by Gasteiger charge is -2.07. The van der Waals surface area contributed by atoms with Gasteiger partial charge in [-0.25, -0.2) is 12.8 Å². The van der Waals surface area contributed by atoms with Crippen molar-refractivity contribution in [3.8, 4) is 0 Å². The minimum atomic E-state index is -3.57. The van der Waals surface area contributed by atoms with Gasteiger partial charge < -0.3 is 5.73 Å². The standard InChI is InChI=1S/C14H14FNO2S/c1-10-4-2-6-12(8-10)19(17,18)9-11-5-3-7-13(16)14(11)15/h2-8H,9,16H2,1H3. The van der Waals surface area contributed by atoms with Crippen molar-refractivity contribution in [2.75, 3.05) is 5.73 Å². The second kappa shape index (κ2) is 5.01. The van der Waals surface area contributed by atoms with Crippen LogP contribution < -0.4 is 5.73 Å². The van der Waals surface area contributed by atoms with E-state index in [-0.39, 0.29) is 16.1 Å². The molecule has 2 aromatic carbocycles. The predicted octanol–water partition coefficient (Wildman–Crippen LogP) is 2.69. The number of benzene rings is 2. The summed E-state index contributed by atoms with van der Waals surface area (Å²) in [5.41, 5.74) is 6.31. The zero-order valence-electron chi connectivity index (χ0n) is 10.4. The highest BCUT2D eigenvalue weighted by atomic mass is 32.2. The highest BCUT2D eigenvalue weighted by molar-refractivity contribution is 7.90. The quantitative estimate of drug-likeness (QED) is 0.879. The largest absolute Gasteiger partial charge is 0.396 e. The van der Waals surface area contributed by atoms with Crippen LogP contribution in [0.3, 0.4) is 0 Å². The Balaban J connectivity index is 2.39. The van der Waals surface area contributed by atoms with E-state index in [9.17, 15) is 12.8 Å². The minimum Gasteiger partial charge on any atom is -0.396 e. The van der Waals surface area contributed by atoms with Crippen molar-refractivity contribution in [2.45, 2.75) is 17.6 Å². The molecule has 0 saturated carbocycles. The average molecular weight is 279 g/mol. The predicted molar refractivity (Wildman–Crippen MR) is 72.9 cm³/mol. The van der Waals surface area contributed by atoms with Crippen LogP contribution in [0.2, 0.25) is 0 Å². The highest BCUT2D eigenvalue weighted by Crippen LogP contribution is 2.21. The Morgan fingerprint density at radius 3 is 2.53 bits per heavy atom. The van der Waals surface area contributed by atoms with Crippen LogP contribution >= 0.6 is 0 Å². The summed E-state index contributed by atoms with van der Waals surface area (Å²) < 4.78 is 38.2. The molecule has 2 N–H and O–H groups in total. The molecule has 0 radical (unpaired) electrons. The third-order valence-electron chi connectivity index (χ3n) is 2.80. The van der Waals surface area contributed by atoms with Crippen LogP contribution in [0.4, 0.5) is 10.1 Å². The second-order valence-electron chi connectivity index (χ2n) is 4.40. The van der Waals surface area contributed by atoms with Gasteiger partial charge in [-0.1, -0.05) is 24.3 Å². The molecule has 0 spiro atoms. The molecule has 0 amide bonds. The molecule has 0 bridgehead atoms. The lowest BCUT2D eigenvalue weighted by atomic mass is 10.2. The first-order valence-electron chi connectivity index (χ1n) is 5.72. The van der Waals surface area contributed by atoms with E-state index in [0.717, 1.165) is 5.56 Å². The molecule has 2 rings (SSSR count). The Kier molecular flexibility index (Phi) is 3.57. The van der Waals surface area contributed by atoms with Gasteiger partial charge in [0.1, 0.15) is 5.82 Å². The van der Waals surface area contributed by atoms with E-state index in [2.05, 4.69) is 0 Å². The zero-order valence-corrected chi connectivity index (χ0v) is 11.2. The first kappa shape index (κ1) is 13.5. The Bertz CT molecular complexity index is 711. The van der Waals surface area contributed by atoms with E-state index < -0.39 is 21.4 Å². The van der Waals surface area contributed by atoms with Crippen molar-refractivity contribution in [1.29, 1.82) is 0 Å². The molecular formula is C14H14FNO2S. The Hall–Kier alpha value is -1.88. The summed E-state index contributed by atoms with van der Waals surface area (Å²) >= 11 is 0. The molecule has 0 heterocycles. The summed E-state index contributed by atoms with van der Waals surface area (Å²) in [5, 5.41) is 0. The van der Waals surface area contributed by atoms with Gasteiger partial charge >= 0.3 is 0 Å². The van der Waals surface area contributed by atoms with E-state index in [1.54, 1.807) is 31.2 Å². The van der Waals surface area contributed by atoms with E-state index in [0.29, 0.717) is 0 Å². The number of nitrogen functional groups attached to an aromatic ring is 1. The maximum atomic E-state index is 13.7. The van der Waals surface area contributed by atoms with Crippen LogP contribution in [-0.2, 0) is 15.6 Å². The summed E-state index contributed by atoms with van der Waals surface area (Å²) in [5.74, 6) is -1.06. The van der Waals surface area contributed by atoms with Crippen LogP contribution in [0.15, 0.2) is 47.4 Å². The molecule has 0 aliphatic heterocycles. The van der Waals surface area contributed by atoms with Crippen LogP contribution in [0, 0.1) is 12.7 Å². The van der Waals surface area contributed by atoms with Gasteiger partial charge in [-0.2, -0.15) is 0 Å². The number of aryl methyl sites for hydroxylation is 1. The Morgan fingerprint density at radius 2 is 1.84 bits per heavy atom. The fourth-order valence-corrected chi connectivity index (χ4v) is 3.26. The fraction of sp³-hybridized carbons (Fsp3) is 0.143. The van der Waals surface area contributed by atoms with Crippen molar-refractivity contribution >= 4 is 15.5 Å². The molecular weight excluding hydrogens is 265 g/mol. The molecule has 100 valence electrons. The highest BCUT2D eigenvalue weighted by Gasteiger charge is 2.18. The normalized spacial score (nSPS) is 11.5. The Labute approximate surface area is 111 Å². The summed E-state index contributed by atoms with van der Waals surface area (Å²) in [7, 11) is -3.57. The van der Waals surface area contributed by atoms with Gasteiger partial charge in [0.25, 0.3) is 0 Å². The summed E-state index contributed by atoms with van der Waals surface area (Å²) in [6.45, 7) is 1.81. The topological polar surface area (TPSA) is 60.2 Å². The first-order valence-corrected chi connectivity index (χ1v) is 7.37. The second-order valence-corrected chi connectivity index (χ2v) is 6.39. The molecule has 2 aromatic rings. The molecule has 0 fully saturated rings. The lowest BCUT2D eigenvalue weighted by Crippen LogP contribution is -2.07. The van der Waals surface area contributed by atoms with Gasteiger partial charge in [-0.15, -0.1) is 0 Å². The van der Waals surface area contributed by atoms with Gasteiger partial charge in [0.05, 0.1) is 16.3 Å². The van der Waals surface area contributed by atoms with E-state index in [1.807, 2.05) is 0 Å². The van der Waals surface area contributed by atoms with Gasteiger partial charge in [0.15, 0.2) is 9.84 Å². The maximum absolute atomic E-state index is 13.7. The SMILES string of the molecule is Cc1cccc(S(=O)(=O)Cc2cccc(N)c2F)c1. The van der Waals surface area contributed by atoms with Gasteiger partial charge in [0.2, 0.25) is 0 Å². The van der Waals surface area contributed by atoms with Crippen LogP contribution in [0.1, 0.15) is 11.1 Å². The number of hydrogen-bond donors (Lipinski definition) is 1. The monoisotopic (exact) mass is 279 g/mol. The number of nitrogens with two attached hydrogens (primary N) is 1. The third-order valence-corrected chi connectivity index (χ3v) is 4.47. The van der Waals surface area contributed by atoms with Crippen LogP contribution in [-0.4, -0.2) is 8.42 Å². The first-order chi connectivity index (χ1) is 8.90. The number of rotatable bonds is 3. The fourth-order valence-electron chi connectivity index (χ4n) is 1.81. The van der Waals surface area contributed by atoms with Crippen molar-refractivity contribution in [2.24, 2.45) is 0 Å². The Morgan fingerprint density at radius 1 is 1.16 bits per heavy atom. The van der Waals surface area contributed by atoms with E-state index in [4.69, 9.17) is 5.73 Å². The van der Waals surface area contributed by atoms with E-state index >= 15 is 0 Å². The summed E-state index contributed by atoms with van der Waals surface area (Å²) in [6.07, 6.45) is 0. The van der Waals surface area contributed by atoms with Crippen molar-refractivity contribution in [3.05, 3.63) is 59.4 Å². The number of hydrogen-bond acceptors (Lipinski definition) is 3. The molecule has 0 unspecified atom stereocenters. The van der Waals surface area contributed by atoms with Crippen LogP contribution in [0.5, 0.6) is 0 Å². The molecule has 19 heavy (non-hydrogen) atoms. The molecule has 0 aliphatic carbocycles. The summed E-state index contributed by atoms with van der Waals surface area (Å²) in [6, 6.07) is 10.9. The molecule has 0 aromatic heterocycles. The molecule has 0 saturated heterocycles. The average Bonchev–Trinajstić information content (AvgIpc) is 2.35. The van der Waals surface area contributed by atoms with Gasteiger partial charge in [-0.3, -0.25) is 0 Å². The van der Waals surface area contributed by atoms with Gasteiger partial charge in [-0.05, 0) is 30.7 Å². The third kappa shape index (κ3) is 2.93. The van der Waals surface area contributed by atoms with Crippen molar-refractivity contribution in [1.82, 2.24) is 0 Å². The van der Waals surface area contributed by atoms with Crippen molar-refractivity contribution < 1.29 is 12.8 Å². The minimum absolute atomic E-state index is 0.0445. The molecule has 5 heteroatoms.